The summed E-state index contributed by atoms with van der Waals surface area (Å²) in [5.41, 5.74) is 5.73. The van der Waals surface area contributed by atoms with Crippen molar-refractivity contribution in [3.05, 3.63) is 0 Å². The van der Waals surface area contributed by atoms with Crippen LogP contribution in [0.2, 0.25) is 0 Å². The Morgan fingerprint density at radius 3 is 2.59 bits per heavy atom. The second kappa shape index (κ2) is 7.63. The van der Waals surface area contributed by atoms with Crippen LogP contribution in [-0.2, 0) is 4.79 Å². The number of piperazine rings is 1. The summed E-state index contributed by atoms with van der Waals surface area (Å²) in [6.07, 6.45) is 1.30. The van der Waals surface area contributed by atoms with Crippen molar-refractivity contribution in [3.63, 3.8) is 0 Å². The van der Waals surface area contributed by atoms with E-state index in [-0.39, 0.29) is 11.9 Å². The average Bonchev–Trinajstić information content (AvgIpc) is 2.31. The third-order valence-corrected chi connectivity index (χ3v) is 3.32. The van der Waals surface area contributed by atoms with E-state index >= 15 is 0 Å². The summed E-state index contributed by atoms with van der Waals surface area (Å²) in [6.45, 7) is 8.12. The summed E-state index contributed by atoms with van der Waals surface area (Å²) < 4.78 is 0. The molecule has 1 rings (SSSR count). The highest BCUT2D eigenvalue weighted by Gasteiger charge is 2.13. The minimum absolute atomic E-state index is 0.00126. The monoisotopic (exact) mass is 242 g/mol. The Hall–Kier alpha value is -0.650. The zero-order chi connectivity index (χ0) is 12.7. The number of nitrogens with one attached hydrogen (secondary N) is 1. The van der Waals surface area contributed by atoms with Crippen LogP contribution in [0.4, 0.5) is 0 Å². The van der Waals surface area contributed by atoms with E-state index in [2.05, 4.69) is 22.2 Å². The minimum atomic E-state index is -0.00126. The molecular formula is C12H26N4O. The molecule has 0 aromatic carbocycles. The summed E-state index contributed by atoms with van der Waals surface area (Å²) in [7, 11) is 2.14. The standard InChI is InChI=1S/C12H26N4O/c1-3-11(13)10-12(17)14-4-5-16-8-6-15(2)7-9-16/h11H,3-10,13H2,1-2H3,(H,14,17). The van der Waals surface area contributed by atoms with Crippen LogP contribution in [0.5, 0.6) is 0 Å². The Morgan fingerprint density at radius 2 is 2.00 bits per heavy atom. The van der Waals surface area contributed by atoms with Gasteiger partial charge in [-0.25, -0.2) is 0 Å². The Morgan fingerprint density at radius 1 is 1.35 bits per heavy atom. The Bertz CT molecular complexity index is 227. The smallest absolute Gasteiger partial charge is 0.221 e. The van der Waals surface area contributed by atoms with Crippen LogP contribution in [0.25, 0.3) is 0 Å². The molecule has 1 saturated heterocycles. The molecule has 1 unspecified atom stereocenters. The number of hydrogen-bond donors (Lipinski definition) is 2. The van der Waals surface area contributed by atoms with Gasteiger partial charge in [-0.15, -0.1) is 0 Å². The predicted octanol–water partition coefficient (Wildman–Crippen LogP) is -0.523. The van der Waals surface area contributed by atoms with E-state index in [0.29, 0.717) is 6.42 Å². The van der Waals surface area contributed by atoms with Gasteiger partial charge in [0.05, 0.1) is 0 Å². The first kappa shape index (κ1) is 14.4. The molecule has 0 aromatic heterocycles. The maximum absolute atomic E-state index is 11.5. The fourth-order valence-electron chi connectivity index (χ4n) is 1.88. The van der Waals surface area contributed by atoms with Gasteiger partial charge in [0.15, 0.2) is 0 Å². The predicted molar refractivity (Wildman–Crippen MR) is 69.8 cm³/mol. The van der Waals surface area contributed by atoms with Crippen LogP contribution in [0.15, 0.2) is 0 Å². The van der Waals surface area contributed by atoms with E-state index in [9.17, 15) is 4.79 Å². The number of carbonyl (C=O) groups excluding carboxylic acids is 1. The van der Waals surface area contributed by atoms with E-state index in [0.717, 1.165) is 45.7 Å². The lowest BCUT2D eigenvalue weighted by atomic mass is 10.1. The summed E-state index contributed by atoms with van der Waals surface area (Å²) in [4.78, 5) is 16.2. The first-order valence-electron chi connectivity index (χ1n) is 6.55. The summed E-state index contributed by atoms with van der Waals surface area (Å²) >= 11 is 0. The number of carbonyl (C=O) groups is 1. The van der Waals surface area contributed by atoms with E-state index in [1.54, 1.807) is 0 Å². The highest BCUT2D eigenvalue weighted by atomic mass is 16.1. The number of likely N-dealkylation sites (N-methyl/N-ethyl adjacent to an activating group) is 1. The quantitative estimate of drug-likeness (QED) is 0.658. The van der Waals surface area contributed by atoms with E-state index in [1.165, 1.54) is 0 Å². The number of hydrogen-bond acceptors (Lipinski definition) is 4. The topological polar surface area (TPSA) is 61.6 Å². The van der Waals surface area contributed by atoms with Gasteiger partial charge >= 0.3 is 0 Å². The largest absolute Gasteiger partial charge is 0.355 e. The van der Waals surface area contributed by atoms with E-state index in [4.69, 9.17) is 5.73 Å². The SMILES string of the molecule is CCC(N)CC(=O)NCCN1CCN(C)CC1. The van der Waals surface area contributed by atoms with E-state index < -0.39 is 0 Å². The van der Waals surface area contributed by atoms with Gasteiger partial charge in [-0.1, -0.05) is 6.92 Å². The maximum atomic E-state index is 11.5. The Balaban J connectivity index is 2.05. The Kier molecular flexibility index (Phi) is 6.47. The molecule has 0 radical (unpaired) electrons. The van der Waals surface area contributed by atoms with Crippen molar-refractivity contribution in [1.29, 1.82) is 0 Å². The molecule has 1 fully saturated rings. The van der Waals surface area contributed by atoms with Crippen LogP contribution in [-0.4, -0.2) is 68.1 Å². The average molecular weight is 242 g/mol. The molecule has 1 aliphatic heterocycles. The van der Waals surface area contributed by atoms with Crippen molar-refractivity contribution >= 4 is 5.91 Å². The molecule has 100 valence electrons. The highest BCUT2D eigenvalue weighted by Crippen LogP contribution is 1.98. The lowest BCUT2D eigenvalue weighted by Gasteiger charge is -2.32. The summed E-state index contributed by atoms with van der Waals surface area (Å²) in [5.74, 6) is 0.0773. The van der Waals surface area contributed by atoms with Gasteiger partial charge < -0.3 is 16.0 Å². The van der Waals surface area contributed by atoms with Crippen molar-refractivity contribution in [2.75, 3.05) is 46.3 Å². The van der Waals surface area contributed by atoms with Crippen LogP contribution >= 0.6 is 0 Å². The molecule has 0 aliphatic carbocycles. The van der Waals surface area contributed by atoms with Gasteiger partial charge in [0.25, 0.3) is 0 Å². The number of amides is 1. The van der Waals surface area contributed by atoms with Crippen LogP contribution in [0.1, 0.15) is 19.8 Å². The molecule has 0 bridgehead atoms. The molecule has 1 aliphatic rings. The molecule has 1 heterocycles. The number of nitrogens with two attached hydrogens (primary N) is 1. The molecule has 1 amide bonds. The fraction of sp³-hybridized carbons (Fsp3) is 0.917. The molecule has 1 atom stereocenters. The lowest BCUT2D eigenvalue weighted by molar-refractivity contribution is -0.121. The first-order chi connectivity index (χ1) is 8.11. The lowest BCUT2D eigenvalue weighted by Crippen LogP contribution is -2.47. The van der Waals surface area contributed by atoms with Gasteiger partial charge in [0.1, 0.15) is 0 Å². The van der Waals surface area contributed by atoms with Crippen molar-refractivity contribution in [1.82, 2.24) is 15.1 Å². The zero-order valence-electron chi connectivity index (χ0n) is 11.1. The second-order valence-corrected chi connectivity index (χ2v) is 4.87. The van der Waals surface area contributed by atoms with Crippen LogP contribution in [0.3, 0.4) is 0 Å². The van der Waals surface area contributed by atoms with E-state index in [1.807, 2.05) is 6.92 Å². The molecule has 0 aromatic rings. The highest BCUT2D eigenvalue weighted by molar-refractivity contribution is 5.76. The summed E-state index contributed by atoms with van der Waals surface area (Å²) in [5, 5.41) is 2.93. The van der Waals surface area contributed by atoms with Crippen molar-refractivity contribution in [2.45, 2.75) is 25.8 Å². The first-order valence-corrected chi connectivity index (χ1v) is 6.55. The Labute approximate surface area is 104 Å². The van der Waals surface area contributed by atoms with Crippen LogP contribution in [0, 0.1) is 0 Å². The normalized spacial score (nSPS) is 20.2. The zero-order valence-corrected chi connectivity index (χ0v) is 11.1. The summed E-state index contributed by atoms with van der Waals surface area (Å²) in [6, 6.07) is -0.00126. The maximum Gasteiger partial charge on any atom is 0.221 e. The molecule has 17 heavy (non-hydrogen) atoms. The van der Waals surface area contributed by atoms with Gasteiger partial charge in [0.2, 0.25) is 5.91 Å². The molecule has 5 nitrogen and oxygen atoms in total. The third-order valence-electron chi connectivity index (χ3n) is 3.32. The van der Waals surface area contributed by atoms with Gasteiger partial charge in [-0.2, -0.15) is 0 Å². The van der Waals surface area contributed by atoms with Gasteiger partial charge in [-0.3, -0.25) is 9.69 Å². The van der Waals surface area contributed by atoms with Gasteiger partial charge in [-0.05, 0) is 13.5 Å². The van der Waals surface area contributed by atoms with Gasteiger partial charge in [0, 0.05) is 51.7 Å². The fourth-order valence-corrected chi connectivity index (χ4v) is 1.88. The molecule has 0 saturated carbocycles. The molecule has 5 heteroatoms. The van der Waals surface area contributed by atoms with Crippen molar-refractivity contribution in [2.24, 2.45) is 5.73 Å². The number of nitrogens with zero attached hydrogens (tertiary/aromatic N) is 2. The number of rotatable bonds is 6. The third kappa shape index (κ3) is 6.00. The minimum Gasteiger partial charge on any atom is -0.355 e. The molecular weight excluding hydrogens is 216 g/mol. The van der Waals surface area contributed by atoms with Crippen molar-refractivity contribution in [3.8, 4) is 0 Å². The van der Waals surface area contributed by atoms with Crippen molar-refractivity contribution < 1.29 is 4.79 Å². The van der Waals surface area contributed by atoms with Crippen LogP contribution < -0.4 is 11.1 Å². The second-order valence-electron chi connectivity index (χ2n) is 4.87. The molecule has 3 N–H and O–H groups in total. The molecule has 0 spiro atoms.